The van der Waals surface area contributed by atoms with Gasteiger partial charge in [-0.1, -0.05) is 32.9 Å². The van der Waals surface area contributed by atoms with Gasteiger partial charge in [-0.2, -0.15) is 5.10 Å². The number of carbonyl (C=O) groups excluding carboxylic acids is 1. The smallest absolute Gasteiger partial charge is 0.236 e. The fourth-order valence-electron chi connectivity index (χ4n) is 2.22. The third-order valence-corrected chi connectivity index (χ3v) is 3.66. The molecule has 26 heavy (non-hydrogen) atoms. The second-order valence-corrected chi connectivity index (χ2v) is 6.97. The first kappa shape index (κ1) is 19.5. The van der Waals surface area contributed by atoms with E-state index >= 15 is 0 Å². The highest BCUT2D eigenvalue weighted by atomic mass is 16.5. The van der Waals surface area contributed by atoms with E-state index < -0.39 is 0 Å². The number of rotatable bonds is 7. The Balaban J connectivity index is 1.74. The normalized spacial score (nSPS) is 11.4. The van der Waals surface area contributed by atoms with Gasteiger partial charge in [0.2, 0.25) is 5.91 Å². The quantitative estimate of drug-likeness (QED) is 0.466. The zero-order valence-corrected chi connectivity index (χ0v) is 15.8. The highest BCUT2D eigenvalue weighted by Crippen LogP contribution is 2.24. The van der Waals surface area contributed by atoms with Crippen molar-refractivity contribution in [1.82, 2.24) is 5.43 Å². The number of ether oxygens (including phenoxy) is 2. The van der Waals surface area contributed by atoms with Gasteiger partial charge in [0.1, 0.15) is 24.7 Å². The maximum atomic E-state index is 10.7. The average Bonchev–Trinajstić information content (AvgIpc) is 2.59. The molecule has 0 saturated carbocycles. The molecule has 0 aromatic heterocycles. The minimum Gasteiger partial charge on any atom is -0.490 e. The molecule has 0 atom stereocenters. The van der Waals surface area contributed by atoms with Gasteiger partial charge in [-0.05, 0) is 52.9 Å². The van der Waals surface area contributed by atoms with Crippen LogP contribution >= 0.6 is 0 Å². The standard InChI is InChI=1S/C21H26N2O3/c1-16(24)23-22-15-17-5-9-19(10-6-17)25-13-14-26-20-11-7-18(8-12-20)21(2,3)4/h5-12,15H,13-14H2,1-4H3,(H,23,24). The number of benzene rings is 2. The second kappa shape index (κ2) is 9.04. The van der Waals surface area contributed by atoms with Gasteiger partial charge in [0.15, 0.2) is 0 Å². The van der Waals surface area contributed by atoms with Crippen molar-refractivity contribution in [3.05, 3.63) is 59.7 Å². The van der Waals surface area contributed by atoms with E-state index in [0.717, 1.165) is 17.1 Å². The van der Waals surface area contributed by atoms with E-state index in [2.05, 4.69) is 43.4 Å². The van der Waals surface area contributed by atoms with Gasteiger partial charge in [0.05, 0.1) is 6.21 Å². The molecule has 0 aliphatic rings. The highest BCUT2D eigenvalue weighted by Gasteiger charge is 2.12. The number of nitrogens with zero attached hydrogens (tertiary/aromatic N) is 1. The molecular weight excluding hydrogens is 328 g/mol. The van der Waals surface area contributed by atoms with Crippen LogP contribution in [0.5, 0.6) is 11.5 Å². The van der Waals surface area contributed by atoms with Crippen LogP contribution in [0.15, 0.2) is 53.6 Å². The monoisotopic (exact) mass is 354 g/mol. The predicted octanol–water partition coefficient (Wildman–Crippen LogP) is 3.91. The summed E-state index contributed by atoms with van der Waals surface area (Å²) in [5.41, 5.74) is 4.66. The van der Waals surface area contributed by atoms with Crippen molar-refractivity contribution in [1.29, 1.82) is 0 Å². The summed E-state index contributed by atoms with van der Waals surface area (Å²) in [6.07, 6.45) is 1.58. The first-order valence-corrected chi connectivity index (χ1v) is 8.60. The Labute approximate surface area is 155 Å². The summed E-state index contributed by atoms with van der Waals surface area (Å²) in [5, 5.41) is 3.82. The van der Waals surface area contributed by atoms with Gasteiger partial charge < -0.3 is 9.47 Å². The number of hydrazone groups is 1. The Morgan fingerprint density at radius 3 is 1.92 bits per heavy atom. The van der Waals surface area contributed by atoms with Gasteiger partial charge in [0, 0.05) is 6.92 Å². The van der Waals surface area contributed by atoms with Crippen LogP contribution in [0.2, 0.25) is 0 Å². The molecular formula is C21H26N2O3. The van der Waals surface area contributed by atoms with Gasteiger partial charge in [-0.15, -0.1) is 0 Å². The molecule has 0 unspecified atom stereocenters. The third kappa shape index (κ3) is 6.59. The van der Waals surface area contributed by atoms with Crippen molar-refractivity contribution in [2.45, 2.75) is 33.1 Å². The van der Waals surface area contributed by atoms with Gasteiger partial charge >= 0.3 is 0 Å². The molecule has 2 aromatic rings. The fourth-order valence-corrected chi connectivity index (χ4v) is 2.22. The van der Waals surface area contributed by atoms with Crippen LogP contribution in [0.3, 0.4) is 0 Å². The molecule has 1 amide bonds. The van der Waals surface area contributed by atoms with Crippen molar-refractivity contribution in [3.8, 4) is 11.5 Å². The van der Waals surface area contributed by atoms with E-state index in [1.807, 2.05) is 36.4 Å². The van der Waals surface area contributed by atoms with E-state index in [4.69, 9.17) is 9.47 Å². The van der Waals surface area contributed by atoms with Crippen LogP contribution in [0, 0.1) is 0 Å². The molecule has 5 heteroatoms. The molecule has 1 N–H and O–H groups in total. The van der Waals surface area contributed by atoms with E-state index in [9.17, 15) is 4.79 Å². The van der Waals surface area contributed by atoms with Crippen molar-refractivity contribution < 1.29 is 14.3 Å². The lowest BCUT2D eigenvalue weighted by Gasteiger charge is -2.19. The Morgan fingerprint density at radius 2 is 1.46 bits per heavy atom. The van der Waals surface area contributed by atoms with Crippen LogP contribution in [-0.4, -0.2) is 25.3 Å². The highest BCUT2D eigenvalue weighted by molar-refractivity contribution is 5.81. The number of hydrogen-bond donors (Lipinski definition) is 1. The molecule has 2 aromatic carbocycles. The topological polar surface area (TPSA) is 59.9 Å². The van der Waals surface area contributed by atoms with Crippen molar-refractivity contribution in [3.63, 3.8) is 0 Å². The minimum atomic E-state index is -0.200. The molecule has 2 rings (SSSR count). The number of nitrogens with one attached hydrogen (secondary N) is 1. The molecule has 0 fully saturated rings. The summed E-state index contributed by atoms with van der Waals surface area (Å²) in [6, 6.07) is 15.6. The van der Waals surface area contributed by atoms with Gasteiger partial charge in [-0.3, -0.25) is 4.79 Å². The molecule has 0 aliphatic heterocycles. The molecule has 0 spiro atoms. The summed E-state index contributed by atoms with van der Waals surface area (Å²) in [6.45, 7) is 8.91. The molecule has 0 bridgehead atoms. The number of amides is 1. The van der Waals surface area contributed by atoms with Crippen LogP contribution in [0.1, 0.15) is 38.8 Å². The van der Waals surface area contributed by atoms with Gasteiger partial charge in [0.25, 0.3) is 0 Å². The summed E-state index contributed by atoms with van der Waals surface area (Å²) in [7, 11) is 0. The molecule has 5 nitrogen and oxygen atoms in total. The maximum Gasteiger partial charge on any atom is 0.236 e. The summed E-state index contributed by atoms with van der Waals surface area (Å²) in [4.78, 5) is 10.7. The first-order valence-electron chi connectivity index (χ1n) is 8.60. The number of carbonyl (C=O) groups is 1. The van der Waals surface area contributed by atoms with Crippen molar-refractivity contribution in [2.75, 3.05) is 13.2 Å². The van der Waals surface area contributed by atoms with Gasteiger partial charge in [-0.25, -0.2) is 5.43 Å². The lowest BCUT2D eigenvalue weighted by Crippen LogP contribution is -2.12. The SMILES string of the molecule is CC(=O)NN=Cc1ccc(OCCOc2ccc(C(C)(C)C)cc2)cc1. The summed E-state index contributed by atoms with van der Waals surface area (Å²) >= 11 is 0. The lowest BCUT2D eigenvalue weighted by molar-refractivity contribution is -0.118. The summed E-state index contributed by atoms with van der Waals surface area (Å²) < 4.78 is 11.4. The lowest BCUT2D eigenvalue weighted by atomic mass is 9.87. The predicted molar refractivity (Wildman–Crippen MR) is 104 cm³/mol. The second-order valence-electron chi connectivity index (χ2n) is 6.97. The Hall–Kier alpha value is -2.82. The minimum absolute atomic E-state index is 0.140. The summed E-state index contributed by atoms with van der Waals surface area (Å²) in [5.74, 6) is 1.40. The third-order valence-electron chi connectivity index (χ3n) is 3.66. The fraction of sp³-hybridized carbons (Fsp3) is 0.333. The zero-order valence-electron chi connectivity index (χ0n) is 15.8. The van der Waals surface area contributed by atoms with Crippen LogP contribution in [0.25, 0.3) is 0 Å². The first-order chi connectivity index (χ1) is 12.3. The molecule has 138 valence electrons. The van der Waals surface area contributed by atoms with Crippen LogP contribution in [-0.2, 0) is 10.2 Å². The molecule has 0 radical (unpaired) electrons. The average molecular weight is 354 g/mol. The van der Waals surface area contributed by atoms with E-state index in [-0.39, 0.29) is 11.3 Å². The van der Waals surface area contributed by atoms with E-state index in [1.54, 1.807) is 6.21 Å². The Bertz CT molecular complexity index is 729. The van der Waals surface area contributed by atoms with Crippen LogP contribution < -0.4 is 14.9 Å². The largest absolute Gasteiger partial charge is 0.490 e. The van der Waals surface area contributed by atoms with Crippen LogP contribution in [0.4, 0.5) is 0 Å². The zero-order chi connectivity index (χ0) is 19.0. The molecule has 0 aliphatic carbocycles. The van der Waals surface area contributed by atoms with E-state index in [0.29, 0.717) is 13.2 Å². The van der Waals surface area contributed by atoms with E-state index in [1.165, 1.54) is 12.5 Å². The Kier molecular flexibility index (Phi) is 6.78. The molecule has 0 saturated heterocycles. The van der Waals surface area contributed by atoms with Crippen molar-refractivity contribution >= 4 is 12.1 Å². The van der Waals surface area contributed by atoms with Crippen molar-refractivity contribution in [2.24, 2.45) is 5.10 Å². The molecule has 0 heterocycles. The Morgan fingerprint density at radius 1 is 0.962 bits per heavy atom. The maximum absolute atomic E-state index is 10.7. The number of hydrogen-bond acceptors (Lipinski definition) is 4.